The molecule has 118 valence electrons. The van der Waals surface area contributed by atoms with Crippen LogP contribution in [0.4, 0.5) is 0 Å². The predicted molar refractivity (Wildman–Crippen MR) is 90.6 cm³/mol. The second kappa shape index (κ2) is 6.08. The van der Waals surface area contributed by atoms with Crippen molar-refractivity contribution in [2.24, 2.45) is 0 Å². The van der Waals surface area contributed by atoms with E-state index in [1.807, 2.05) is 47.3 Å². The minimum Gasteiger partial charge on any atom is -0.289 e. The molecule has 4 aromatic rings. The van der Waals surface area contributed by atoms with Crippen molar-refractivity contribution < 1.29 is 0 Å². The van der Waals surface area contributed by atoms with Crippen molar-refractivity contribution in [3.05, 3.63) is 89.4 Å². The standard InChI is InChI=1S/C18H15N5O/c24-18-15-8-4-9-19-17(15)20-13-23(18)16(12-22-11-5-10-21-22)14-6-2-1-3-7-14/h1-11,13,16H,12H2. The maximum Gasteiger partial charge on any atom is 0.263 e. The molecule has 1 aromatic carbocycles. The number of nitrogens with zero attached hydrogens (tertiary/aromatic N) is 5. The van der Waals surface area contributed by atoms with Crippen molar-refractivity contribution >= 4 is 11.0 Å². The average Bonchev–Trinajstić information content (AvgIpc) is 3.15. The van der Waals surface area contributed by atoms with Gasteiger partial charge in [-0.05, 0) is 23.8 Å². The molecular formula is C18H15N5O. The van der Waals surface area contributed by atoms with Gasteiger partial charge in [-0.1, -0.05) is 30.3 Å². The Balaban J connectivity index is 1.87. The third kappa shape index (κ3) is 2.58. The Hall–Kier alpha value is -3.28. The van der Waals surface area contributed by atoms with Crippen molar-refractivity contribution in [2.75, 3.05) is 0 Å². The molecule has 6 nitrogen and oxygen atoms in total. The maximum atomic E-state index is 12.9. The Morgan fingerprint density at radius 1 is 0.958 bits per heavy atom. The monoisotopic (exact) mass is 317 g/mol. The summed E-state index contributed by atoms with van der Waals surface area (Å²) in [5, 5.41) is 4.78. The van der Waals surface area contributed by atoms with E-state index < -0.39 is 0 Å². The lowest BCUT2D eigenvalue weighted by Gasteiger charge is -2.20. The van der Waals surface area contributed by atoms with E-state index in [4.69, 9.17) is 0 Å². The van der Waals surface area contributed by atoms with Gasteiger partial charge in [-0.2, -0.15) is 5.10 Å². The van der Waals surface area contributed by atoms with Crippen LogP contribution >= 0.6 is 0 Å². The van der Waals surface area contributed by atoms with Crippen LogP contribution in [0.3, 0.4) is 0 Å². The second-order valence-corrected chi connectivity index (χ2v) is 5.49. The van der Waals surface area contributed by atoms with Gasteiger partial charge in [-0.3, -0.25) is 14.0 Å². The van der Waals surface area contributed by atoms with E-state index in [9.17, 15) is 4.79 Å². The summed E-state index contributed by atoms with van der Waals surface area (Å²) in [7, 11) is 0. The molecule has 1 atom stereocenters. The first-order chi connectivity index (χ1) is 11.8. The van der Waals surface area contributed by atoms with Crippen LogP contribution in [0.1, 0.15) is 11.6 Å². The lowest BCUT2D eigenvalue weighted by Crippen LogP contribution is -2.29. The third-order valence-electron chi connectivity index (χ3n) is 4.00. The Kier molecular flexibility index (Phi) is 3.63. The predicted octanol–water partition coefficient (Wildman–Crippen LogP) is 2.28. The van der Waals surface area contributed by atoms with Gasteiger partial charge >= 0.3 is 0 Å². The van der Waals surface area contributed by atoms with Gasteiger partial charge in [0.25, 0.3) is 5.56 Å². The summed E-state index contributed by atoms with van der Waals surface area (Å²) in [4.78, 5) is 21.4. The molecule has 0 aliphatic rings. The van der Waals surface area contributed by atoms with E-state index in [-0.39, 0.29) is 11.6 Å². The van der Waals surface area contributed by atoms with Gasteiger partial charge in [0.05, 0.1) is 18.0 Å². The number of hydrogen-bond donors (Lipinski definition) is 0. The van der Waals surface area contributed by atoms with Crippen molar-refractivity contribution in [3.8, 4) is 0 Å². The highest BCUT2D eigenvalue weighted by Crippen LogP contribution is 2.19. The van der Waals surface area contributed by atoms with E-state index in [2.05, 4.69) is 15.1 Å². The molecule has 0 amide bonds. The molecule has 3 aromatic heterocycles. The van der Waals surface area contributed by atoms with Crippen LogP contribution < -0.4 is 5.56 Å². The zero-order valence-corrected chi connectivity index (χ0v) is 12.9. The summed E-state index contributed by atoms with van der Waals surface area (Å²) in [5.41, 5.74) is 1.39. The van der Waals surface area contributed by atoms with Crippen LogP contribution in [0.5, 0.6) is 0 Å². The number of aromatic nitrogens is 5. The van der Waals surface area contributed by atoms with Crippen molar-refractivity contribution in [1.29, 1.82) is 0 Å². The molecule has 4 rings (SSSR count). The average molecular weight is 317 g/mol. The summed E-state index contributed by atoms with van der Waals surface area (Å²) in [5.74, 6) is 0. The Bertz CT molecular complexity index is 1010. The molecule has 0 N–H and O–H groups in total. The minimum absolute atomic E-state index is 0.103. The molecule has 0 spiro atoms. The highest BCUT2D eigenvalue weighted by molar-refractivity contribution is 5.72. The van der Waals surface area contributed by atoms with Crippen LogP contribution in [-0.2, 0) is 6.54 Å². The Labute approximate surface area is 138 Å². The maximum absolute atomic E-state index is 12.9. The Morgan fingerprint density at radius 2 is 1.83 bits per heavy atom. The first-order valence-corrected chi connectivity index (χ1v) is 7.67. The first-order valence-electron chi connectivity index (χ1n) is 7.67. The van der Waals surface area contributed by atoms with Crippen LogP contribution in [0, 0.1) is 0 Å². The zero-order chi connectivity index (χ0) is 16.4. The van der Waals surface area contributed by atoms with Gasteiger partial charge in [-0.15, -0.1) is 0 Å². The van der Waals surface area contributed by atoms with Crippen LogP contribution in [0.25, 0.3) is 11.0 Å². The fraction of sp³-hybridized carbons (Fsp3) is 0.111. The van der Waals surface area contributed by atoms with E-state index in [1.165, 1.54) is 0 Å². The summed E-state index contributed by atoms with van der Waals surface area (Å²) < 4.78 is 3.47. The molecule has 24 heavy (non-hydrogen) atoms. The lowest BCUT2D eigenvalue weighted by molar-refractivity contribution is 0.451. The van der Waals surface area contributed by atoms with E-state index >= 15 is 0 Å². The number of benzene rings is 1. The lowest BCUT2D eigenvalue weighted by atomic mass is 10.1. The quantitative estimate of drug-likeness (QED) is 0.579. The SMILES string of the molecule is O=c1c2cccnc2ncn1C(Cn1cccn1)c1ccccc1. The van der Waals surface area contributed by atoms with E-state index in [1.54, 1.807) is 35.4 Å². The molecule has 0 saturated carbocycles. The molecule has 3 heterocycles. The molecule has 0 aliphatic heterocycles. The smallest absolute Gasteiger partial charge is 0.263 e. The zero-order valence-electron chi connectivity index (χ0n) is 12.9. The second-order valence-electron chi connectivity index (χ2n) is 5.49. The van der Waals surface area contributed by atoms with Gasteiger partial charge in [-0.25, -0.2) is 9.97 Å². The molecular weight excluding hydrogens is 302 g/mol. The van der Waals surface area contributed by atoms with E-state index in [0.717, 1.165) is 5.56 Å². The molecule has 1 unspecified atom stereocenters. The van der Waals surface area contributed by atoms with Gasteiger partial charge in [0.2, 0.25) is 0 Å². The van der Waals surface area contributed by atoms with Crippen LogP contribution in [0.2, 0.25) is 0 Å². The van der Waals surface area contributed by atoms with Gasteiger partial charge < -0.3 is 0 Å². The minimum atomic E-state index is -0.198. The normalized spacial score (nSPS) is 12.3. The van der Waals surface area contributed by atoms with Crippen LogP contribution in [0.15, 0.2) is 78.2 Å². The number of hydrogen-bond acceptors (Lipinski definition) is 4. The Morgan fingerprint density at radius 3 is 2.62 bits per heavy atom. The number of pyridine rings is 1. The van der Waals surface area contributed by atoms with Gasteiger partial charge in [0, 0.05) is 18.6 Å². The van der Waals surface area contributed by atoms with Crippen molar-refractivity contribution in [3.63, 3.8) is 0 Å². The highest BCUT2D eigenvalue weighted by atomic mass is 16.1. The highest BCUT2D eigenvalue weighted by Gasteiger charge is 2.17. The molecule has 0 aliphatic carbocycles. The summed E-state index contributed by atoms with van der Waals surface area (Å²) in [6.07, 6.45) is 6.82. The van der Waals surface area contributed by atoms with Crippen LogP contribution in [-0.4, -0.2) is 24.3 Å². The first kappa shape index (κ1) is 14.3. The van der Waals surface area contributed by atoms with Crippen molar-refractivity contribution in [2.45, 2.75) is 12.6 Å². The fourth-order valence-electron chi connectivity index (χ4n) is 2.81. The molecule has 0 fully saturated rings. The third-order valence-corrected chi connectivity index (χ3v) is 4.00. The van der Waals surface area contributed by atoms with Crippen molar-refractivity contribution in [1.82, 2.24) is 24.3 Å². The summed E-state index contributed by atoms with van der Waals surface area (Å²) >= 11 is 0. The number of fused-ring (bicyclic) bond motifs is 1. The number of rotatable bonds is 4. The van der Waals surface area contributed by atoms with Gasteiger partial charge in [0.15, 0.2) is 5.65 Å². The molecule has 0 bridgehead atoms. The van der Waals surface area contributed by atoms with E-state index in [0.29, 0.717) is 17.6 Å². The van der Waals surface area contributed by atoms with Gasteiger partial charge in [0.1, 0.15) is 6.33 Å². The fourth-order valence-corrected chi connectivity index (χ4v) is 2.81. The topological polar surface area (TPSA) is 65.6 Å². The molecule has 6 heteroatoms. The molecule has 0 saturated heterocycles. The summed E-state index contributed by atoms with van der Waals surface area (Å²) in [6.45, 7) is 0.546. The molecule has 0 radical (unpaired) electrons. The summed E-state index contributed by atoms with van der Waals surface area (Å²) in [6, 6.07) is 15.1. The largest absolute Gasteiger partial charge is 0.289 e.